The first kappa shape index (κ1) is 14.1. The number of aromatic nitrogens is 1. The zero-order chi connectivity index (χ0) is 13.5. The summed E-state index contributed by atoms with van der Waals surface area (Å²) in [5.41, 5.74) is 6.28. The summed E-state index contributed by atoms with van der Waals surface area (Å²) in [7, 11) is 0. The molecule has 0 radical (unpaired) electrons. The Morgan fingerprint density at radius 2 is 2.21 bits per heavy atom. The third kappa shape index (κ3) is 4.10. The van der Waals surface area contributed by atoms with Gasteiger partial charge in [-0.25, -0.2) is 4.98 Å². The molecule has 102 valence electrons. The first-order valence-corrected chi connectivity index (χ1v) is 6.99. The van der Waals surface area contributed by atoms with E-state index < -0.39 is 0 Å². The van der Waals surface area contributed by atoms with Crippen molar-refractivity contribution in [1.29, 1.82) is 0 Å². The molecule has 0 saturated carbocycles. The van der Waals surface area contributed by atoms with Gasteiger partial charge in [0.15, 0.2) is 0 Å². The summed E-state index contributed by atoms with van der Waals surface area (Å²) in [6.45, 7) is 4.50. The number of nitrogens with two attached hydrogens (primary N) is 1. The molecule has 1 aromatic heterocycles. The van der Waals surface area contributed by atoms with E-state index in [0.29, 0.717) is 11.6 Å². The Kier molecular flexibility index (Phi) is 5.46. The van der Waals surface area contributed by atoms with E-state index in [1.54, 1.807) is 6.20 Å². The molecule has 2 rings (SSSR count). The average Bonchev–Trinajstić information content (AvgIpc) is 2.45. The second kappa shape index (κ2) is 7.34. The molecule has 0 unspecified atom stereocenters. The number of hydrogen-bond donors (Lipinski definition) is 2. The normalized spacial score (nSPS) is 14.9. The number of hydrogen-bond acceptors (Lipinski definition) is 4. The lowest BCUT2D eigenvalue weighted by atomic mass is 10.2. The van der Waals surface area contributed by atoms with Gasteiger partial charge < -0.3 is 16.0 Å². The highest BCUT2D eigenvalue weighted by molar-refractivity contribution is 6.33. The van der Waals surface area contributed by atoms with Crippen molar-refractivity contribution in [3.63, 3.8) is 0 Å². The minimum atomic E-state index is 0.674. The number of rotatable bonds is 3. The first-order valence-electron chi connectivity index (χ1n) is 6.61. The van der Waals surface area contributed by atoms with E-state index in [9.17, 15) is 0 Å². The fourth-order valence-corrected chi connectivity index (χ4v) is 2.25. The fourth-order valence-electron chi connectivity index (χ4n) is 1.96. The van der Waals surface area contributed by atoms with Crippen LogP contribution in [-0.2, 0) is 0 Å². The molecule has 0 aromatic carbocycles. The van der Waals surface area contributed by atoms with Gasteiger partial charge in [-0.3, -0.25) is 0 Å². The largest absolute Gasteiger partial charge is 0.353 e. The number of nitrogens with zero attached hydrogens (tertiary/aromatic N) is 2. The van der Waals surface area contributed by atoms with Crippen LogP contribution in [0.3, 0.4) is 0 Å². The van der Waals surface area contributed by atoms with Gasteiger partial charge in [-0.2, -0.15) is 0 Å². The second-order valence-electron chi connectivity index (χ2n) is 4.46. The number of unbranched alkanes of at least 4 members (excludes halogenated alkanes) is 1. The van der Waals surface area contributed by atoms with Crippen LogP contribution in [0.25, 0.3) is 0 Å². The van der Waals surface area contributed by atoms with Crippen LogP contribution in [0, 0.1) is 11.8 Å². The molecule has 0 atom stereocenters. The smallest absolute Gasteiger partial charge is 0.147 e. The molecule has 0 aliphatic carbocycles. The molecule has 1 aliphatic heterocycles. The third-order valence-electron chi connectivity index (χ3n) is 2.98. The van der Waals surface area contributed by atoms with Crippen LogP contribution < -0.4 is 16.0 Å². The molecule has 1 aromatic rings. The Hall–Kier alpha value is -1.28. The van der Waals surface area contributed by atoms with Crippen LogP contribution in [0.2, 0.25) is 5.02 Å². The summed E-state index contributed by atoms with van der Waals surface area (Å²) in [5, 5.41) is 3.98. The number of halogens is 1. The topological polar surface area (TPSA) is 54.2 Å². The van der Waals surface area contributed by atoms with Crippen molar-refractivity contribution in [2.45, 2.75) is 12.8 Å². The molecule has 3 N–H and O–H groups in total. The van der Waals surface area contributed by atoms with Crippen molar-refractivity contribution in [3.8, 4) is 11.8 Å². The van der Waals surface area contributed by atoms with E-state index in [0.717, 1.165) is 50.4 Å². The maximum atomic E-state index is 6.29. The third-order valence-corrected chi connectivity index (χ3v) is 3.26. The van der Waals surface area contributed by atoms with Crippen molar-refractivity contribution < 1.29 is 0 Å². The summed E-state index contributed by atoms with van der Waals surface area (Å²) in [5.74, 6) is 7.00. The molecule has 1 fully saturated rings. The fraction of sp³-hybridized carbons (Fsp3) is 0.500. The van der Waals surface area contributed by atoms with Crippen molar-refractivity contribution in [3.05, 3.63) is 22.8 Å². The van der Waals surface area contributed by atoms with Crippen LogP contribution in [0.4, 0.5) is 5.82 Å². The maximum Gasteiger partial charge on any atom is 0.147 e. The second-order valence-corrected chi connectivity index (χ2v) is 4.87. The molecular weight excluding hydrogens is 260 g/mol. The van der Waals surface area contributed by atoms with Gasteiger partial charge in [0.25, 0.3) is 0 Å². The summed E-state index contributed by atoms with van der Waals surface area (Å²) >= 11 is 6.29. The van der Waals surface area contributed by atoms with E-state index in [-0.39, 0.29) is 0 Å². The van der Waals surface area contributed by atoms with Crippen molar-refractivity contribution in [2.75, 3.05) is 37.6 Å². The molecule has 4 nitrogen and oxygen atoms in total. The Morgan fingerprint density at radius 1 is 1.42 bits per heavy atom. The molecule has 0 spiro atoms. The lowest BCUT2D eigenvalue weighted by Gasteiger charge is -2.28. The molecule has 1 saturated heterocycles. The Balaban J connectivity index is 2.05. The maximum absolute atomic E-state index is 6.29. The zero-order valence-corrected chi connectivity index (χ0v) is 11.7. The van der Waals surface area contributed by atoms with Gasteiger partial charge in [0.2, 0.25) is 0 Å². The van der Waals surface area contributed by atoms with Crippen molar-refractivity contribution >= 4 is 17.4 Å². The monoisotopic (exact) mass is 278 g/mol. The van der Waals surface area contributed by atoms with Gasteiger partial charge in [-0.05, 0) is 19.0 Å². The standard InChI is InChI=1S/C14H19ClN4/c15-13-10-12(4-2-1-3-5-16)11-18-14(13)19-8-6-17-7-9-19/h10-11,17H,1,3,5-9,16H2. The van der Waals surface area contributed by atoms with Crippen molar-refractivity contribution in [1.82, 2.24) is 10.3 Å². The molecule has 0 bridgehead atoms. The van der Waals surface area contributed by atoms with E-state index in [1.807, 2.05) is 6.07 Å². The molecule has 1 aliphatic rings. The van der Waals surface area contributed by atoms with Crippen LogP contribution in [-0.4, -0.2) is 37.7 Å². The molecular formula is C14H19ClN4. The van der Waals surface area contributed by atoms with Gasteiger partial charge in [0.1, 0.15) is 5.82 Å². The van der Waals surface area contributed by atoms with Gasteiger partial charge in [-0.1, -0.05) is 23.4 Å². The minimum Gasteiger partial charge on any atom is -0.353 e. The Labute approximate surface area is 119 Å². The average molecular weight is 279 g/mol. The lowest BCUT2D eigenvalue weighted by molar-refractivity contribution is 0.585. The van der Waals surface area contributed by atoms with Crippen LogP contribution in [0.5, 0.6) is 0 Å². The Bertz CT molecular complexity index is 472. The lowest BCUT2D eigenvalue weighted by Crippen LogP contribution is -2.44. The summed E-state index contributed by atoms with van der Waals surface area (Å²) in [6.07, 6.45) is 3.53. The SMILES string of the molecule is NCCCC#Cc1cnc(N2CCNCC2)c(Cl)c1. The van der Waals surface area contributed by atoms with Gasteiger partial charge in [0, 0.05) is 44.4 Å². The number of pyridine rings is 1. The minimum absolute atomic E-state index is 0.674. The van der Waals surface area contributed by atoms with Gasteiger partial charge in [-0.15, -0.1) is 0 Å². The number of nitrogens with one attached hydrogen (secondary N) is 1. The number of piperazine rings is 1. The highest BCUT2D eigenvalue weighted by Crippen LogP contribution is 2.24. The van der Waals surface area contributed by atoms with E-state index in [1.165, 1.54) is 0 Å². The molecule has 0 amide bonds. The van der Waals surface area contributed by atoms with Crippen molar-refractivity contribution in [2.24, 2.45) is 5.73 Å². The van der Waals surface area contributed by atoms with Gasteiger partial charge in [0.05, 0.1) is 5.02 Å². The van der Waals surface area contributed by atoms with Crippen LogP contribution in [0.1, 0.15) is 18.4 Å². The van der Waals surface area contributed by atoms with Crippen LogP contribution in [0.15, 0.2) is 12.3 Å². The van der Waals surface area contributed by atoms with Gasteiger partial charge >= 0.3 is 0 Å². The summed E-state index contributed by atoms with van der Waals surface area (Å²) < 4.78 is 0. The predicted octanol–water partition coefficient (Wildman–Crippen LogP) is 1.24. The van der Waals surface area contributed by atoms with Crippen LogP contribution >= 0.6 is 11.6 Å². The Morgan fingerprint density at radius 3 is 2.89 bits per heavy atom. The summed E-state index contributed by atoms with van der Waals surface area (Å²) in [6, 6.07) is 1.89. The highest BCUT2D eigenvalue weighted by Gasteiger charge is 2.14. The zero-order valence-electron chi connectivity index (χ0n) is 11.0. The highest BCUT2D eigenvalue weighted by atomic mass is 35.5. The summed E-state index contributed by atoms with van der Waals surface area (Å²) in [4.78, 5) is 6.64. The van der Waals surface area contributed by atoms with E-state index in [4.69, 9.17) is 17.3 Å². The quantitative estimate of drug-likeness (QED) is 0.645. The molecule has 2 heterocycles. The molecule has 19 heavy (non-hydrogen) atoms. The predicted molar refractivity (Wildman–Crippen MR) is 79.5 cm³/mol. The van der Waals surface area contributed by atoms with E-state index in [2.05, 4.69) is 27.0 Å². The number of anilines is 1. The molecule has 5 heteroatoms. The van der Waals surface area contributed by atoms with E-state index >= 15 is 0 Å². The first-order chi connectivity index (χ1) is 9.31.